The normalized spacial score (nSPS) is 10.7. The fourth-order valence-electron chi connectivity index (χ4n) is 3.11. The highest BCUT2D eigenvalue weighted by Gasteiger charge is 2.14. The highest BCUT2D eigenvalue weighted by Crippen LogP contribution is 2.37. The third kappa shape index (κ3) is 4.78. The van der Waals surface area contributed by atoms with Gasteiger partial charge in [0, 0.05) is 17.3 Å². The van der Waals surface area contributed by atoms with Crippen LogP contribution in [-0.2, 0) is 0 Å². The van der Waals surface area contributed by atoms with Gasteiger partial charge in [0.15, 0.2) is 0 Å². The van der Waals surface area contributed by atoms with Crippen molar-refractivity contribution in [2.24, 2.45) is 0 Å². The molecule has 0 atom stereocenters. The van der Waals surface area contributed by atoms with Gasteiger partial charge in [-0.05, 0) is 43.7 Å². The molecule has 0 aliphatic carbocycles. The Morgan fingerprint density at radius 3 is 2.23 bits per heavy atom. The maximum atomic E-state index is 13.7. The topological polar surface area (TPSA) is 54.0 Å². The monoisotopic (exact) mass is 435 g/mol. The summed E-state index contributed by atoms with van der Waals surface area (Å²) in [5, 5.41) is 5.98. The van der Waals surface area contributed by atoms with Gasteiger partial charge in [-0.15, -0.1) is 11.3 Å². The summed E-state index contributed by atoms with van der Waals surface area (Å²) in [5.74, 6) is -1.54. The smallest absolute Gasteiger partial charge is 0.308 e. The molecule has 3 aromatic carbocycles. The van der Waals surface area contributed by atoms with Gasteiger partial charge in [-0.25, -0.2) is 18.6 Å². The number of carbonyl (C=O) groups is 1. The predicted octanol–water partition coefficient (Wildman–Crippen LogP) is 7.02. The minimum atomic E-state index is -0.838. The fraction of sp³-hybridized carbons (Fsp3) is 0.0833. The van der Waals surface area contributed by atoms with Crippen LogP contribution >= 0.6 is 11.3 Å². The van der Waals surface area contributed by atoms with Crippen LogP contribution in [0.5, 0.6) is 0 Å². The average Bonchev–Trinajstić information content (AvgIpc) is 3.13. The molecule has 2 N–H and O–H groups in total. The number of urea groups is 1. The number of rotatable bonds is 4. The summed E-state index contributed by atoms with van der Waals surface area (Å²) in [7, 11) is 0. The van der Waals surface area contributed by atoms with Gasteiger partial charge in [-0.3, -0.25) is 0 Å². The zero-order valence-electron chi connectivity index (χ0n) is 16.9. The maximum absolute atomic E-state index is 13.7. The van der Waals surface area contributed by atoms with Crippen molar-refractivity contribution >= 4 is 28.7 Å². The first-order valence-electron chi connectivity index (χ1n) is 9.57. The van der Waals surface area contributed by atoms with Crippen molar-refractivity contribution in [1.29, 1.82) is 0 Å². The lowest BCUT2D eigenvalue weighted by atomic mass is 10.1. The largest absolute Gasteiger partial charge is 0.323 e. The predicted molar refractivity (Wildman–Crippen MR) is 121 cm³/mol. The number of halogens is 2. The van der Waals surface area contributed by atoms with E-state index in [0.717, 1.165) is 32.8 Å². The first-order valence-corrected chi connectivity index (χ1v) is 10.4. The number of thiazole rings is 1. The van der Waals surface area contributed by atoms with E-state index in [4.69, 9.17) is 4.98 Å². The van der Waals surface area contributed by atoms with E-state index < -0.39 is 17.7 Å². The molecule has 4 aromatic rings. The summed E-state index contributed by atoms with van der Waals surface area (Å²) in [6, 6.07) is 17.9. The quantitative estimate of drug-likeness (QED) is 0.362. The van der Waals surface area contributed by atoms with Gasteiger partial charge in [-0.1, -0.05) is 42.0 Å². The number of aryl methyl sites for hydroxylation is 2. The Morgan fingerprint density at radius 2 is 1.55 bits per heavy atom. The van der Waals surface area contributed by atoms with Gasteiger partial charge in [0.05, 0.1) is 21.3 Å². The van der Waals surface area contributed by atoms with E-state index in [0.29, 0.717) is 11.8 Å². The van der Waals surface area contributed by atoms with Gasteiger partial charge in [-0.2, -0.15) is 0 Å². The molecule has 0 radical (unpaired) electrons. The number of hydrogen-bond acceptors (Lipinski definition) is 3. The molecule has 4 rings (SSSR count). The van der Waals surface area contributed by atoms with Gasteiger partial charge < -0.3 is 10.6 Å². The molecule has 1 aromatic heterocycles. The molecule has 0 aliphatic heterocycles. The molecule has 0 spiro atoms. The third-order valence-electron chi connectivity index (χ3n) is 4.64. The van der Waals surface area contributed by atoms with Gasteiger partial charge in [0.1, 0.15) is 11.6 Å². The average molecular weight is 435 g/mol. The summed E-state index contributed by atoms with van der Waals surface area (Å²) in [6.07, 6.45) is 0. The van der Waals surface area contributed by atoms with Crippen LogP contribution in [0.2, 0.25) is 0 Å². The molecule has 2 amide bonds. The molecule has 0 saturated heterocycles. The second-order valence-electron chi connectivity index (χ2n) is 7.06. The molecule has 0 aliphatic rings. The Labute approximate surface area is 182 Å². The van der Waals surface area contributed by atoms with Crippen molar-refractivity contribution in [2.75, 3.05) is 10.6 Å². The third-order valence-corrected chi connectivity index (χ3v) is 5.66. The van der Waals surface area contributed by atoms with Gasteiger partial charge in [0.2, 0.25) is 0 Å². The molecule has 156 valence electrons. The standard InChI is InChI=1S/C24H19F2N3OS/c1-14-3-5-16(6-4-14)22-23(31-15(2)27-22)17-7-10-19(11-8-17)28-24(30)29-21-12-9-18(25)13-20(21)26/h3-13H,1-2H3,(H2,28,29,30). The Kier molecular flexibility index (Phi) is 5.77. The van der Waals surface area contributed by atoms with Crippen molar-refractivity contribution in [3.63, 3.8) is 0 Å². The second kappa shape index (κ2) is 8.65. The molecule has 0 saturated carbocycles. The zero-order valence-corrected chi connectivity index (χ0v) is 17.7. The van der Waals surface area contributed by atoms with Crippen LogP contribution in [0.1, 0.15) is 10.6 Å². The molecule has 31 heavy (non-hydrogen) atoms. The van der Waals surface area contributed by atoms with E-state index in [2.05, 4.69) is 34.9 Å². The number of carbonyl (C=O) groups excluding carboxylic acids is 1. The first kappa shape index (κ1) is 20.7. The highest BCUT2D eigenvalue weighted by molar-refractivity contribution is 7.15. The summed E-state index contributed by atoms with van der Waals surface area (Å²) >= 11 is 1.61. The number of benzene rings is 3. The Hall–Kier alpha value is -3.58. The van der Waals surface area contributed by atoms with E-state index in [9.17, 15) is 13.6 Å². The Balaban J connectivity index is 1.51. The summed E-state index contributed by atoms with van der Waals surface area (Å²) in [5.41, 5.74) is 4.59. The van der Waals surface area contributed by atoms with E-state index in [1.54, 1.807) is 23.5 Å². The van der Waals surface area contributed by atoms with Crippen LogP contribution in [0.4, 0.5) is 25.0 Å². The van der Waals surface area contributed by atoms with E-state index in [1.807, 2.05) is 26.0 Å². The molecule has 0 bridgehead atoms. The SMILES string of the molecule is Cc1ccc(-c2nc(C)sc2-c2ccc(NC(=O)Nc3ccc(F)cc3F)cc2)cc1. The van der Waals surface area contributed by atoms with Gasteiger partial charge >= 0.3 is 6.03 Å². The van der Waals surface area contributed by atoms with E-state index >= 15 is 0 Å². The summed E-state index contributed by atoms with van der Waals surface area (Å²) < 4.78 is 26.7. The summed E-state index contributed by atoms with van der Waals surface area (Å²) in [4.78, 5) is 17.9. The first-order chi connectivity index (χ1) is 14.9. The molecule has 7 heteroatoms. The summed E-state index contributed by atoms with van der Waals surface area (Å²) in [6.45, 7) is 4.02. The molecular weight excluding hydrogens is 416 g/mol. The number of nitrogens with zero attached hydrogens (tertiary/aromatic N) is 1. The maximum Gasteiger partial charge on any atom is 0.323 e. The van der Waals surface area contributed by atoms with Crippen LogP contribution in [-0.4, -0.2) is 11.0 Å². The second-order valence-corrected chi connectivity index (χ2v) is 8.26. The molecule has 0 unspecified atom stereocenters. The lowest BCUT2D eigenvalue weighted by molar-refractivity contribution is 0.262. The van der Waals surface area contributed by atoms with E-state index in [-0.39, 0.29) is 5.69 Å². The van der Waals surface area contributed by atoms with Gasteiger partial charge in [0.25, 0.3) is 0 Å². The number of amides is 2. The lowest BCUT2D eigenvalue weighted by Gasteiger charge is -2.09. The minimum absolute atomic E-state index is 0.0987. The molecule has 1 heterocycles. The molecular formula is C24H19F2N3OS. The van der Waals surface area contributed by atoms with Crippen molar-refractivity contribution in [1.82, 2.24) is 4.98 Å². The number of hydrogen-bond donors (Lipinski definition) is 2. The van der Waals surface area contributed by atoms with Crippen LogP contribution in [0.25, 0.3) is 21.7 Å². The van der Waals surface area contributed by atoms with Crippen molar-refractivity contribution in [3.05, 3.63) is 88.9 Å². The van der Waals surface area contributed by atoms with Crippen molar-refractivity contribution in [3.8, 4) is 21.7 Å². The van der Waals surface area contributed by atoms with Crippen LogP contribution in [0.15, 0.2) is 66.7 Å². The number of aromatic nitrogens is 1. The minimum Gasteiger partial charge on any atom is -0.308 e. The van der Waals surface area contributed by atoms with E-state index in [1.165, 1.54) is 11.6 Å². The van der Waals surface area contributed by atoms with Crippen molar-refractivity contribution in [2.45, 2.75) is 13.8 Å². The number of nitrogens with one attached hydrogen (secondary N) is 2. The Morgan fingerprint density at radius 1 is 0.871 bits per heavy atom. The van der Waals surface area contributed by atoms with Crippen LogP contribution in [0.3, 0.4) is 0 Å². The van der Waals surface area contributed by atoms with Crippen LogP contribution < -0.4 is 10.6 Å². The molecule has 4 nitrogen and oxygen atoms in total. The fourth-order valence-corrected chi connectivity index (χ4v) is 4.06. The highest BCUT2D eigenvalue weighted by atomic mass is 32.1. The lowest BCUT2D eigenvalue weighted by Crippen LogP contribution is -2.20. The number of anilines is 2. The zero-order chi connectivity index (χ0) is 22.0. The van der Waals surface area contributed by atoms with Crippen LogP contribution in [0, 0.1) is 25.5 Å². The molecule has 0 fully saturated rings. The van der Waals surface area contributed by atoms with Crippen molar-refractivity contribution < 1.29 is 13.6 Å². The Bertz CT molecular complexity index is 1230.